The maximum Gasteiger partial charge on any atom is 0.255 e. The highest BCUT2D eigenvalue weighted by atomic mass is 16.5. The molecule has 0 aliphatic carbocycles. The van der Waals surface area contributed by atoms with Gasteiger partial charge in [-0.3, -0.25) is 14.6 Å². The van der Waals surface area contributed by atoms with Crippen molar-refractivity contribution in [2.75, 3.05) is 7.11 Å². The lowest BCUT2D eigenvalue weighted by Gasteiger charge is -2.31. The Morgan fingerprint density at radius 3 is 2.68 bits per heavy atom. The molecule has 1 aromatic carbocycles. The van der Waals surface area contributed by atoms with E-state index in [-0.39, 0.29) is 13.1 Å². The summed E-state index contributed by atoms with van der Waals surface area (Å²) in [6, 6.07) is 10.2. The van der Waals surface area contributed by atoms with Crippen molar-refractivity contribution in [3.8, 4) is 11.4 Å². The van der Waals surface area contributed by atoms with Crippen molar-refractivity contribution in [1.29, 1.82) is 0 Å². The largest absolute Gasteiger partial charge is 0.494 e. The Hall–Kier alpha value is -3.76. The first-order valence-electron chi connectivity index (χ1n) is 10.8. The predicted octanol–water partition coefficient (Wildman–Crippen LogP) is 1.11. The summed E-state index contributed by atoms with van der Waals surface area (Å²) in [5.74, 6) is -1.06. The summed E-state index contributed by atoms with van der Waals surface area (Å²) in [6.07, 6.45) is 3.13. The van der Waals surface area contributed by atoms with Crippen LogP contribution in [0.1, 0.15) is 36.7 Å². The van der Waals surface area contributed by atoms with Crippen LogP contribution < -0.4 is 10.1 Å². The number of amides is 2. The number of carbonyl (C=O) groups is 2. The summed E-state index contributed by atoms with van der Waals surface area (Å²) in [6.45, 7) is 3.33. The third-order valence-electron chi connectivity index (χ3n) is 6.03. The van der Waals surface area contributed by atoms with E-state index >= 15 is 0 Å². The SMILES string of the molecule is COc1cc(C(C)NC(=O)[C@@](C)(O)C(O)C(=O)N2Cc3cccnc3C2)ccc1-n1cccn1. The second-order valence-electron chi connectivity index (χ2n) is 8.43. The molecule has 0 fully saturated rings. The fourth-order valence-corrected chi connectivity index (χ4v) is 3.88. The second-order valence-corrected chi connectivity index (χ2v) is 8.43. The molecule has 1 aliphatic rings. The molecule has 3 N–H and O–H groups in total. The van der Waals surface area contributed by atoms with Gasteiger partial charge in [-0.2, -0.15) is 5.10 Å². The van der Waals surface area contributed by atoms with Crippen LogP contribution in [0.4, 0.5) is 0 Å². The number of aliphatic hydroxyl groups excluding tert-OH is 1. The number of carbonyl (C=O) groups excluding carboxylic acids is 2. The van der Waals surface area contributed by atoms with Crippen LogP contribution in [0.5, 0.6) is 5.75 Å². The van der Waals surface area contributed by atoms with Gasteiger partial charge in [-0.05, 0) is 49.2 Å². The van der Waals surface area contributed by atoms with Gasteiger partial charge in [-0.1, -0.05) is 12.1 Å². The molecule has 10 nitrogen and oxygen atoms in total. The zero-order chi connectivity index (χ0) is 24.5. The van der Waals surface area contributed by atoms with Gasteiger partial charge in [0.2, 0.25) is 0 Å². The molecule has 3 atom stereocenters. The lowest BCUT2D eigenvalue weighted by Crippen LogP contribution is -2.58. The Balaban J connectivity index is 1.44. The number of hydrogen-bond acceptors (Lipinski definition) is 7. The molecule has 0 saturated carbocycles. The van der Waals surface area contributed by atoms with Gasteiger partial charge in [0.05, 0.1) is 25.4 Å². The number of aliphatic hydroxyl groups is 2. The topological polar surface area (TPSA) is 130 Å². The number of benzene rings is 1. The average Bonchev–Trinajstić information content (AvgIpc) is 3.52. The molecule has 2 aromatic heterocycles. The van der Waals surface area contributed by atoms with E-state index in [4.69, 9.17) is 4.74 Å². The molecule has 0 radical (unpaired) electrons. The Morgan fingerprint density at radius 2 is 2.00 bits per heavy atom. The molecule has 178 valence electrons. The Bertz CT molecular complexity index is 1170. The molecule has 10 heteroatoms. The minimum Gasteiger partial charge on any atom is -0.494 e. The second kappa shape index (κ2) is 9.24. The van der Waals surface area contributed by atoms with Gasteiger partial charge in [0.25, 0.3) is 11.8 Å². The van der Waals surface area contributed by atoms with Crippen molar-refractivity contribution in [3.63, 3.8) is 0 Å². The van der Waals surface area contributed by atoms with Crippen molar-refractivity contribution in [1.82, 2.24) is 25.0 Å². The highest BCUT2D eigenvalue weighted by Gasteiger charge is 2.45. The van der Waals surface area contributed by atoms with Crippen LogP contribution in [-0.4, -0.2) is 60.5 Å². The summed E-state index contributed by atoms with van der Waals surface area (Å²) in [5.41, 5.74) is 0.691. The first kappa shape index (κ1) is 23.4. The van der Waals surface area contributed by atoms with Crippen LogP contribution >= 0.6 is 0 Å². The number of rotatable bonds is 7. The molecule has 3 aromatic rings. The van der Waals surface area contributed by atoms with Crippen LogP contribution in [0.3, 0.4) is 0 Å². The first-order valence-corrected chi connectivity index (χ1v) is 10.8. The van der Waals surface area contributed by atoms with E-state index < -0.39 is 29.6 Å². The molecule has 4 rings (SSSR count). The van der Waals surface area contributed by atoms with Crippen LogP contribution in [0, 0.1) is 0 Å². The molecule has 34 heavy (non-hydrogen) atoms. The maximum atomic E-state index is 12.9. The number of aromatic nitrogens is 3. The number of ether oxygens (including phenoxy) is 1. The smallest absolute Gasteiger partial charge is 0.255 e. The van der Waals surface area contributed by atoms with Crippen LogP contribution in [0.25, 0.3) is 5.69 Å². The minimum atomic E-state index is -2.34. The Labute approximate surface area is 196 Å². The summed E-state index contributed by atoms with van der Waals surface area (Å²) in [7, 11) is 1.54. The molecule has 0 saturated heterocycles. The molecular formula is C24H27N5O5. The zero-order valence-corrected chi connectivity index (χ0v) is 19.2. The van der Waals surface area contributed by atoms with Gasteiger partial charge in [0.15, 0.2) is 11.7 Å². The lowest BCUT2D eigenvalue weighted by molar-refractivity contribution is -0.166. The van der Waals surface area contributed by atoms with Gasteiger partial charge in [0.1, 0.15) is 11.4 Å². The van der Waals surface area contributed by atoms with Crippen LogP contribution in [-0.2, 0) is 22.7 Å². The number of nitrogens with one attached hydrogen (secondary N) is 1. The predicted molar refractivity (Wildman–Crippen MR) is 122 cm³/mol. The van der Waals surface area contributed by atoms with Crippen molar-refractivity contribution in [3.05, 3.63) is 71.8 Å². The average molecular weight is 466 g/mol. The standard InChI is InChI=1S/C24H27N5O5/c1-15(16-7-8-19(20(12-16)34-3)29-11-5-10-26-29)27-23(32)24(2,33)21(30)22(31)28-13-17-6-4-9-25-18(17)14-28/h4-12,15,21,30,33H,13-14H2,1-3H3,(H,27,32)/t15?,21?,24-/m0/s1. The van der Waals surface area contributed by atoms with Crippen LogP contribution in [0.2, 0.25) is 0 Å². The first-order chi connectivity index (χ1) is 16.2. The summed E-state index contributed by atoms with van der Waals surface area (Å²) in [4.78, 5) is 31.3. The number of pyridine rings is 1. The van der Waals surface area contributed by atoms with Crippen molar-refractivity contribution in [2.24, 2.45) is 0 Å². The van der Waals surface area contributed by atoms with Crippen molar-refractivity contribution < 1.29 is 24.5 Å². The summed E-state index contributed by atoms with van der Waals surface area (Å²) in [5, 5.41) is 28.3. The molecule has 0 spiro atoms. The van der Waals surface area contributed by atoms with Gasteiger partial charge < -0.3 is 25.2 Å². The maximum absolute atomic E-state index is 12.9. The van der Waals surface area contributed by atoms with E-state index in [1.54, 1.807) is 60.5 Å². The fraction of sp³-hybridized carbons (Fsp3) is 0.333. The van der Waals surface area contributed by atoms with E-state index in [0.29, 0.717) is 11.3 Å². The van der Waals surface area contributed by atoms with Gasteiger partial charge in [0, 0.05) is 25.1 Å². The normalized spacial score (nSPS) is 16.3. The summed E-state index contributed by atoms with van der Waals surface area (Å²) >= 11 is 0. The Morgan fingerprint density at radius 1 is 1.21 bits per heavy atom. The molecule has 1 aliphatic heterocycles. The molecule has 2 unspecified atom stereocenters. The number of methoxy groups -OCH3 is 1. The van der Waals surface area contributed by atoms with Gasteiger partial charge in [-0.15, -0.1) is 0 Å². The van der Waals surface area contributed by atoms with E-state index in [1.165, 1.54) is 12.0 Å². The highest BCUT2D eigenvalue weighted by Crippen LogP contribution is 2.28. The molecule has 2 amide bonds. The van der Waals surface area contributed by atoms with Crippen LogP contribution in [0.15, 0.2) is 55.0 Å². The minimum absolute atomic E-state index is 0.211. The van der Waals surface area contributed by atoms with E-state index in [0.717, 1.165) is 23.9 Å². The third kappa shape index (κ3) is 4.37. The van der Waals surface area contributed by atoms with Gasteiger partial charge >= 0.3 is 0 Å². The number of nitrogens with zero attached hydrogens (tertiary/aromatic N) is 4. The molecule has 0 bridgehead atoms. The van der Waals surface area contributed by atoms with E-state index in [9.17, 15) is 19.8 Å². The molecular weight excluding hydrogens is 438 g/mol. The zero-order valence-electron chi connectivity index (χ0n) is 19.2. The fourth-order valence-electron chi connectivity index (χ4n) is 3.88. The monoisotopic (exact) mass is 465 g/mol. The third-order valence-corrected chi connectivity index (χ3v) is 6.03. The summed E-state index contributed by atoms with van der Waals surface area (Å²) < 4.78 is 7.12. The van der Waals surface area contributed by atoms with Crippen molar-refractivity contribution in [2.45, 2.75) is 44.7 Å². The number of hydrogen-bond donors (Lipinski definition) is 3. The van der Waals surface area contributed by atoms with Gasteiger partial charge in [-0.25, -0.2) is 4.68 Å². The van der Waals surface area contributed by atoms with Crippen molar-refractivity contribution >= 4 is 11.8 Å². The molecule has 3 heterocycles. The number of fused-ring (bicyclic) bond motifs is 1. The van der Waals surface area contributed by atoms with E-state index in [1.807, 2.05) is 6.07 Å². The lowest BCUT2D eigenvalue weighted by atomic mass is 9.95. The van der Waals surface area contributed by atoms with E-state index in [2.05, 4.69) is 15.4 Å². The quantitative estimate of drug-likeness (QED) is 0.477. The highest BCUT2D eigenvalue weighted by molar-refractivity contribution is 5.94. The Kier molecular flexibility index (Phi) is 6.36.